The summed E-state index contributed by atoms with van der Waals surface area (Å²) in [6.45, 7) is 0.119. The van der Waals surface area contributed by atoms with Crippen molar-refractivity contribution in [2.45, 2.75) is 25.4 Å². The van der Waals surface area contributed by atoms with Crippen molar-refractivity contribution in [2.75, 3.05) is 33.2 Å². The number of likely N-dealkylation sites (N-methyl/N-ethyl adjacent to an activating group) is 1. The van der Waals surface area contributed by atoms with Gasteiger partial charge in [-0.15, -0.1) is 0 Å². The van der Waals surface area contributed by atoms with E-state index in [1.54, 1.807) is 7.05 Å². The molecule has 0 bridgehead atoms. The van der Waals surface area contributed by atoms with Crippen molar-refractivity contribution in [1.29, 1.82) is 0 Å². The Hall–Kier alpha value is -0.820. The molecule has 0 heterocycles. The largest absolute Gasteiger partial charge is 0.481 e. The molecule has 17 heavy (non-hydrogen) atoms. The van der Waals surface area contributed by atoms with Gasteiger partial charge >= 0.3 is 12.1 Å². The SMILES string of the molecule is CNCCN(CCCCC(=O)O)CC(F)(F)F. The zero-order valence-electron chi connectivity index (χ0n) is 9.89. The van der Waals surface area contributed by atoms with Crippen LogP contribution in [0.4, 0.5) is 13.2 Å². The van der Waals surface area contributed by atoms with Crippen molar-refractivity contribution in [3.05, 3.63) is 0 Å². The number of nitrogens with zero attached hydrogens (tertiary/aromatic N) is 1. The summed E-state index contributed by atoms with van der Waals surface area (Å²) < 4.78 is 36.6. The van der Waals surface area contributed by atoms with Gasteiger partial charge in [-0.2, -0.15) is 13.2 Å². The lowest BCUT2D eigenvalue weighted by atomic mass is 10.2. The monoisotopic (exact) mass is 256 g/mol. The molecule has 0 aliphatic heterocycles. The lowest BCUT2D eigenvalue weighted by Crippen LogP contribution is -2.38. The summed E-state index contributed by atoms with van der Waals surface area (Å²) in [5, 5.41) is 11.2. The van der Waals surface area contributed by atoms with Crippen LogP contribution in [0.25, 0.3) is 0 Å². The van der Waals surface area contributed by atoms with Crippen molar-refractivity contribution < 1.29 is 23.1 Å². The predicted molar refractivity (Wildman–Crippen MR) is 57.9 cm³/mol. The molecule has 0 aromatic heterocycles. The molecule has 0 saturated heterocycles. The molecule has 0 rings (SSSR count). The Morgan fingerprint density at radius 3 is 2.41 bits per heavy atom. The van der Waals surface area contributed by atoms with Crippen LogP contribution in [0.3, 0.4) is 0 Å². The summed E-state index contributed by atoms with van der Waals surface area (Å²) in [5.74, 6) is -0.914. The average Bonchev–Trinajstić information content (AvgIpc) is 2.18. The van der Waals surface area contributed by atoms with E-state index < -0.39 is 18.7 Å². The molecule has 0 radical (unpaired) electrons. The first-order valence-electron chi connectivity index (χ1n) is 5.50. The number of rotatable bonds is 9. The van der Waals surface area contributed by atoms with Crippen LogP contribution in [-0.4, -0.2) is 55.4 Å². The third-order valence-electron chi connectivity index (χ3n) is 2.20. The summed E-state index contributed by atoms with van der Waals surface area (Å²) in [6.07, 6.45) is -3.33. The maximum Gasteiger partial charge on any atom is 0.401 e. The number of carbonyl (C=O) groups is 1. The standard InChI is InChI=1S/C10H19F3N2O2/c1-14-5-7-15(8-10(11,12)13)6-3-2-4-9(16)17/h14H,2-8H2,1H3,(H,16,17). The van der Waals surface area contributed by atoms with Gasteiger partial charge in [0.15, 0.2) is 0 Å². The van der Waals surface area contributed by atoms with Crippen molar-refractivity contribution in [1.82, 2.24) is 10.2 Å². The van der Waals surface area contributed by atoms with Gasteiger partial charge in [0.25, 0.3) is 0 Å². The van der Waals surface area contributed by atoms with Gasteiger partial charge in [0, 0.05) is 19.5 Å². The van der Waals surface area contributed by atoms with E-state index in [2.05, 4.69) is 5.32 Å². The quantitative estimate of drug-likeness (QED) is 0.611. The van der Waals surface area contributed by atoms with E-state index in [-0.39, 0.29) is 13.0 Å². The van der Waals surface area contributed by atoms with E-state index in [0.29, 0.717) is 25.9 Å². The summed E-state index contributed by atoms with van der Waals surface area (Å²) in [7, 11) is 1.68. The number of hydrogen-bond acceptors (Lipinski definition) is 3. The van der Waals surface area contributed by atoms with Gasteiger partial charge in [-0.25, -0.2) is 0 Å². The second kappa shape index (κ2) is 8.30. The average molecular weight is 256 g/mol. The third kappa shape index (κ3) is 11.4. The van der Waals surface area contributed by atoms with E-state index in [1.807, 2.05) is 0 Å². The molecule has 0 saturated carbocycles. The van der Waals surface area contributed by atoms with Gasteiger partial charge in [-0.3, -0.25) is 9.69 Å². The molecule has 7 heteroatoms. The maximum atomic E-state index is 12.2. The zero-order valence-corrected chi connectivity index (χ0v) is 9.89. The van der Waals surface area contributed by atoms with Gasteiger partial charge in [0.2, 0.25) is 0 Å². The van der Waals surface area contributed by atoms with Crippen molar-refractivity contribution in [2.24, 2.45) is 0 Å². The smallest absolute Gasteiger partial charge is 0.401 e. The molecule has 0 fully saturated rings. The van der Waals surface area contributed by atoms with E-state index in [0.717, 1.165) is 0 Å². The van der Waals surface area contributed by atoms with Crippen LogP contribution in [0.2, 0.25) is 0 Å². The molecule has 0 aromatic carbocycles. The lowest BCUT2D eigenvalue weighted by Gasteiger charge is -2.23. The maximum absolute atomic E-state index is 12.2. The van der Waals surface area contributed by atoms with Crippen LogP contribution < -0.4 is 5.32 Å². The highest BCUT2D eigenvalue weighted by atomic mass is 19.4. The first kappa shape index (κ1) is 16.2. The molecule has 102 valence electrons. The first-order valence-corrected chi connectivity index (χ1v) is 5.50. The van der Waals surface area contributed by atoms with Gasteiger partial charge in [-0.1, -0.05) is 0 Å². The molecule has 0 aromatic rings. The Morgan fingerprint density at radius 1 is 1.29 bits per heavy atom. The van der Waals surface area contributed by atoms with Crippen LogP contribution >= 0.6 is 0 Å². The Labute approximate surface area is 98.8 Å². The number of nitrogens with one attached hydrogen (secondary N) is 1. The van der Waals surface area contributed by atoms with Crippen LogP contribution in [0.15, 0.2) is 0 Å². The van der Waals surface area contributed by atoms with Gasteiger partial charge in [-0.05, 0) is 26.4 Å². The number of aliphatic carboxylic acids is 1. The van der Waals surface area contributed by atoms with E-state index in [1.165, 1.54) is 4.90 Å². The molecule has 2 N–H and O–H groups in total. The van der Waals surface area contributed by atoms with Crippen molar-refractivity contribution in [3.63, 3.8) is 0 Å². The number of unbranched alkanes of at least 4 members (excludes halogenated alkanes) is 1. The van der Waals surface area contributed by atoms with Crippen LogP contribution in [0.5, 0.6) is 0 Å². The fourth-order valence-corrected chi connectivity index (χ4v) is 1.41. The van der Waals surface area contributed by atoms with Gasteiger partial charge < -0.3 is 10.4 Å². The predicted octanol–water partition coefficient (Wildman–Crippen LogP) is 1.32. The van der Waals surface area contributed by atoms with E-state index in [9.17, 15) is 18.0 Å². The second-order valence-electron chi connectivity index (χ2n) is 3.85. The van der Waals surface area contributed by atoms with Gasteiger partial charge in [0.05, 0.1) is 6.54 Å². The molecule has 0 aliphatic carbocycles. The summed E-state index contributed by atoms with van der Waals surface area (Å²) in [5.41, 5.74) is 0. The fraction of sp³-hybridized carbons (Fsp3) is 0.900. The summed E-state index contributed by atoms with van der Waals surface area (Å²) in [6, 6.07) is 0. The molecule has 4 nitrogen and oxygen atoms in total. The lowest BCUT2D eigenvalue weighted by molar-refractivity contribution is -0.146. The topological polar surface area (TPSA) is 52.6 Å². The number of carboxylic acids is 1. The van der Waals surface area contributed by atoms with Crippen molar-refractivity contribution in [3.8, 4) is 0 Å². The van der Waals surface area contributed by atoms with E-state index in [4.69, 9.17) is 5.11 Å². The zero-order chi connectivity index (χ0) is 13.3. The normalized spacial score (nSPS) is 12.1. The Balaban J connectivity index is 3.88. The number of carboxylic acid groups (broad SMARTS) is 1. The highest BCUT2D eigenvalue weighted by Crippen LogP contribution is 2.16. The Bertz CT molecular complexity index is 222. The highest BCUT2D eigenvalue weighted by molar-refractivity contribution is 5.66. The molecule has 0 unspecified atom stereocenters. The van der Waals surface area contributed by atoms with Crippen LogP contribution in [-0.2, 0) is 4.79 Å². The Kier molecular flexibility index (Phi) is 7.90. The summed E-state index contributed by atoms with van der Waals surface area (Å²) in [4.78, 5) is 11.5. The highest BCUT2D eigenvalue weighted by Gasteiger charge is 2.30. The van der Waals surface area contributed by atoms with E-state index >= 15 is 0 Å². The minimum atomic E-state index is -4.21. The summed E-state index contributed by atoms with van der Waals surface area (Å²) >= 11 is 0. The van der Waals surface area contributed by atoms with Crippen LogP contribution in [0, 0.1) is 0 Å². The molecule has 0 aliphatic rings. The second-order valence-corrected chi connectivity index (χ2v) is 3.85. The Morgan fingerprint density at radius 2 is 1.94 bits per heavy atom. The minimum Gasteiger partial charge on any atom is -0.481 e. The number of hydrogen-bond donors (Lipinski definition) is 2. The van der Waals surface area contributed by atoms with Crippen LogP contribution in [0.1, 0.15) is 19.3 Å². The minimum absolute atomic E-state index is 0.00584. The number of alkyl halides is 3. The van der Waals surface area contributed by atoms with Crippen molar-refractivity contribution >= 4 is 5.97 Å². The first-order chi connectivity index (χ1) is 7.85. The molecule has 0 amide bonds. The van der Waals surface area contributed by atoms with Gasteiger partial charge in [0.1, 0.15) is 0 Å². The fourth-order valence-electron chi connectivity index (χ4n) is 1.41. The molecule has 0 spiro atoms. The molecule has 0 atom stereocenters. The molecular weight excluding hydrogens is 237 g/mol. The molecular formula is C10H19F3N2O2. The third-order valence-corrected chi connectivity index (χ3v) is 2.20. The number of halogens is 3.